The molecule has 0 bridgehead atoms. The number of benzene rings is 2. The standard InChI is InChI=1S/C14H12N4O2S/c15-11-6-12(16)18-14(17-11)21-10-5-9(19)7-3-1-2-4-8(7)13(10)20/h1-6,19-20H,(H4,15,16,17,18). The molecule has 6 nitrogen and oxygen atoms in total. The summed E-state index contributed by atoms with van der Waals surface area (Å²) < 4.78 is 0. The van der Waals surface area contributed by atoms with Gasteiger partial charge in [-0.15, -0.1) is 0 Å². The first kappa shape index (κ1) is 13.3. The lowest BCUT2D eigenvalue weighted by Gasteiger charge is -2.09. The van der Waals surface area contributed by atoms with Gasteiger partial charge in [0.2, 0.25) is 0 Å². The summed E-state index contributed by atoms with van der Waals surface area (Å²) in [4.78, 5) is 8.50. The Morgan fingerprint density at radius 1 is 0.905 bits per heavy atom. The van der Waals surface area contributed by atoms with Crippen LogP contribution < -0.4 is 11.5 Å². The second kappa shape index (κ2) is 5.02. The number of aromatic hydroxyl groups is 2. The Morgan fingerprint density at radius 3 is 2.19 bits per heavy atom. The van der Waals surface area contributed by atoms with Gasteiger partial charge < -0.3 is 21.7 Å². The Morgan fingerprint density at radius 2 is 1.52 bits per heavy atom. The van der Waals surface area contributed by atoms with E-state index in [9.17, 15) is 10.2 Å². The molecule has 7 heteroatoms. The number of fused-ring (bicyclic) bond motifs is 1. The lowest BCUT2D eigenvalue weighted by atomic mass is 10.1. The average molecular weight is 300 g/mol. The molecule has 106 valence electrons. The van der Waals surface area contributed by atoms with Crippen molar-refractivity contribution in [3.63, 3.8) is 0 Å². The normalized spacial score (nSPS) is 10.9. The van der Waals surface area contributed by atoms with Crippen molar-refractivity contribution >= 4 is 34.2 Å². The van der Waals surface area contributed by atoms with E-state index < -0.39 is 0 Å². The van der Waals surface area contributed by atoms with E-state index in [4.69, 9.17) is 11.5 Å². The number of aromatic nitrogens is 2. The number of hydrogen-bond acceptors (Lipinski definition) is 7. The van der Waals surface area contributed by atoms with Gasteiger partial charge in [-0.2, -0.15) is 0 Å². The number of phenols is 2. The van der Waals surface area contributed by atoms with E-state index in [1.54, 1.807) is 24.3 Å². The van der Waals surface area contributed by atoms with E-state index in [2.05, 4.69) is 9.97 Å². The third-order valence-electron chi connectivity index (χ3n) is 2.91. The van der Waals surface area contributed by atoms with Gasteiger partial charge in [0.1, 0.15) is 23.1 Å². The molecule has 0 unspecified atom stereocenters. The minimum absolute atomic E-state index is 0.0537. The van der Waals surface area contributed by atoms with Crippen molar-refractivity contribution in [3.8, 4) is 11.5 Å². The zero-order valence-corrected chi connectivity index (χ0v) is 11.6. The molecular formula is C14H12N4O2S. The van der Waals surface area contributed by atoms with Crippen LogP contribution in [0.15, 0.2) is 46.5 Å². The number of nitrogens with zero attached hydrogens (tertiary/aromatic N) is 2. The van der Waals surface area contributed by atoms with Crippen molar-refractivity contribution in [3.05, 3.63) is 36.4 Å². The van der Waals surface area contributed by atoms with Crippen molar-refractivity contribution in [1.29, 1.82) is 0 Å². The van der Waals surface area contributed by atoms with E-state index >= 15 is 0 Å². The van der Waals surface area contributed by atoms with Crippen LogP contribution in [-0.4, -0.2) is 20.2 Å². The van der Waals surface area contributed by atoms with Crippen LogP contribution in [0.5, 0.6) is 11.5 Å². The number of nitrogens with two attached hydrogens (primary N) is 2. The average Bonchev–Trinajstić information content (AvgIpc) is 2.43. The lowest BCUT2D eigenvalue weighted by molar-refractivity contribution is 0.458. The third-order valence-corrected chi connectivity index (χ3v) is 3.80. The monoisotopic (exact) mass is 300 g/mol. The molecule has 21 heavy (non-hydrogen) atoms. The van der Waals surface area contributed by atoms with Crippen LogP contribution in [-0.2, 0) is 0 Å². The number of nitrogen functional groups attached to an aromatic ring is 2. The summed E-state index contributed by atoms with van der Waals surface area (Å²) >= 11 is 1.08. The van der Waals surface area contributed by atoms with Gasteiger partial charge in [-0.25, -0.2) is 9.97 Å². The minimum Gasteiger partial charge on any atom is -0.507 e. The highest BCUT2D eigenvalue weighted by Crippen LogP contribution is 2.42. The predicted octanol–water partition coefficient (Wildman–Crippen LogP) is 2.36. The van der Waals surface area contributed by atoms with Crippen molar-refractivity contribution in [1.82, 2.24) is 9.97 Å². The summed E-state index contributed by atoms with van der Waals surface area (Å²) in [6.07, 6.45) is 0. The molecule has 0 aliphatic rings. The quantitative estimate of drug-likeness (QED) is 0.423. The zero-order valence-electron chi connectivity index (χ0n) is 10.8. The fourth-order valence-electron chi connectivity index (χ4n) is 2.00. The van der Waals surface area contributed by atoms with Crippen LogP contribution >= 0.6 is 11.8 Å². The van der Waals surface area contributed by atoms with Crippen LogP contribution in [0, 0.1) is 0 Å². The van der Waals surface area contributed by atoms with Crippen molar-refractivity contribution in [2.75, 3.05) is 11.5 Å². The first-order chi connectivity index (χ1) is 10.0. The van der Waals surface area contributed by atoms with Crippen molar-refractivity contribution in [2.45, 2.75) is 10.1 Å². The van der Waals surface area contributed by atoms with Crippen molar-refractivity contribution < 1.29 is 10.2 Å². The van der Waals surface area contributed by atoms with E-state index in [0.717, 1.165) is 11.8 Å². The third kappa shape index (κ3) is 2.50. The van der Waals surface area contributed by atoms with Crippen LogP contribution in [0.3, 0.4) is 0 Å². The Bertz CT molecular complexity index is 818. The largest absolute Gasteiger partial charge is 0.507 e. The molecule has 1 aromatic heterocycles. The van der Waals surface area contributed by atoms with Crippen LogP contribution in [0.4, 0.5) is 11.6 Å². The number of phenolic OH excluding ortho intramolecular Hbond substituents is 2. The Balaban J connectivity index is 2.10. The zero-order chi connectivity index (χ0) is 15.0. The molecule has 0 aliphatic heterocycles. The number of rotatable bonds is 2. The van der Waals surface area contributed by atoms with E-state index in [1.165, 1.54) is 12.1 Å². The summed E-state index contributed by atoms with van der Waals surface area (Å²) in [7, 11) is 0. The lowest BCUT2D eigenvalue weighted by Crippen LogP contribution is -1.99. The molecule has 0 radical (unpaired) electrons. The summed E-state index contributed by atoms with van der Waals surface area (Å²) in [5.74, 6) is 0.616. The van der Waals surface area contributed by atoms with E-state index in [0.29, 0.717) is 20.8 Å². The predicted molar refractivity (Wildman–Crippen MR) is 82.3 cm³/mol. The minimum atomic E-state index is 0.0537. The molecule has 0 aliphatic carbocycles. The van der Waals surface area contributed by atoms with Crippen LogP contribution in [0.1, 0.15) is 0 Å². The van der Waals surface area contributed by atoms with Gasteiger partial charge in [-0.3, -0.25) is 0 Å². The molecule has 0 atom stereocenters. The Hall–Kier alpha value is -2.67. The second-order valence-electron chi connectivity index (χ2n) is 4.39. The second-order valence-corrected chi connectivity index (χ2v) is 5.40. The highest BCUT2D eigenvalue weighted by atomic mass is 32.2. The molecule has 6 N–H and O–H groups in total. The van der Waals surface area contributed by atoms with Crippen LogP contribution in [0.2, 0.25) is 0 Å². The van der Waals surface area contributed by atoms with Crippen LogP contribution in [0.25, 0.3) is 10.8 Å². The number of anilines is 2. The maximum absolute atomic E-state index is 10.3. The molecule has 3 aromatic rings. The number of hydrogen-bond donors (Lipinski definition) is 4. The van der Waals surface area contributed by atoms with Gasteiger partial charge in [-0.1, -0.05) is 24.3 Å². The maximum Gasteiger partial charge on any atom is 0.196 e. The maximum atomic E-state index is 10.3. The smallest absolute Gasteiger partial charge is 0.196 e. The van der Waals surface area contributed by atoms with Gasteiger partial charge in [0.05, 0.1) is 4.90 Å². The fourth-order valence-corrected chi connectivity index (χ4v) is 2.88. The summed E-state index contributed by atoms with van der Waals surface area (Å²) in [6.45, 7) is 0. The highest BCUT2D eigenvalue weighted by molar-refractivity contribution is 7.99. The molecule has 2 aromatic carbocycles. The molecule has 1 heterocycles. The molecule has 0 spiro atoms. The molecule has 0 saturated heterocycles. The first-order valence-corrected chi connectivity index (χ1v) is 6.88. The molecule has 0 fully saturated rings. The fraction of sp³-hybridized carbons (Fsp3) is 0. The van der Waals surface area contributed by atoms with E-state index in [-0.39, 0.29) is 23.1 Å². The van der Waals surface area contributed by atoms with Gasteiger partial charge in [0.25, 0.3) is 0 Å². The highest BCUT2D eigenvalue weighted by Gasteiger charge is 2.13. The van der Waals surface area contributed by atoms with Gasteiger partial charge in [0.15, 0.2) is 5.16 Å². The summed E-state index contributed by atoms with van der Waals surface area (Å²) in [5.41, 5.74) is 11.2. The van der Waals surface area contributed by atoms with Gasteiger partial charge >= 0.3 is 0 Å². The molecule has 0 saturated carbocycles. The SMILES string of the molecule is Nc1cc(N)nc(Sc2cc(O)c3ccccc3c2O)n1. The van der Waals surface area contributed by atoms with Gasteiger partial charge in [0, 0.05) is 16.8 Å². The summed E-state index contributed by atoms with van der Waals surface area (Å²) in [5, 5.41) is 21.8. The summed E-state index contributed by atoms with van der Waals surface area (Å²) in [6, 6.07) is 9.94. The molecule has 0 amide bonds. The topological polar surface area (TPSA) is 118 Å². The van der Waals surface area contributed by atoms with Gasteiger partial charge in [-0.05, 0) is 17.8 Å². The first-order valence-electron chi connectivity index (χ1n) is 6.06. The Kier molecular flexibility index (Phi) is 3.19. The van der Waals surface area contributed by atoms with E-state index in [1.807, 2.05) is 0 Å². The Labute approximate surface area is 124 Å². The van der Waals surface area contributed by atoms with Crippen molar-refractivity contribution in [2.24, 2.45) is 0 Å². The molecular weight excluding hydrogens is 288 g/mol. The molecule has 3 rings (SSSR count).